The largest absolute Gasteiger partial charge is 0.298 e. The number of hydrogen-bond acceptors (Lipinski definition) is 2. The number of likely N-dealkylation sites (N-methyl/N-ethyl adjacent to an activating group) is 1. The van der Waals surface area contributed by atoms with Crippen LogP contribution in [-0.4, -0.2) is 48.1 Å². The molecular formula is C12H24N2. The first-order valence-corrected chi connectivity index (χ1v) is 5.99. The van der Waals surface area contributed by atoms with Crippen molar-refractivity contribution in [3.05, 3.63) is 0 Å². The molecule has 0 radical (unpaired) electrons. The lowest BCUT2D eigenvalue weighted by atomic mass is 9.84. The van der Waals surface area contributed by atoms with E-state index in [2.05, 4.69) is 37.6 Å². The maximum absolute atomic E-state index is 2.71. The normalized spacial score (nSPS) is 40.5. The van der Waals surface area contributed by atoms with E-state index in [0.29, 0.717) is 5.54 Å². The molecule has 0 amide bonds. The summed E-state index contributed by atoms with van der Waals surface area (Å²) < 4.78 is 0. The van der Waals surface area contributed by atoms with Crippen LogP contribution in [-0.2, 0) is 0 Å². The molecule has 2 nitrogen and oxygen atoms in total. The molecule has 2 atom stereocenters. The highest BCUT2D eigenvalue weighted by Crippen LogP contribution is 2.33. The SMILES string of the molecule is CC(C)C1(C)CN2CCCC2CN1C. The lowest BCUT2D eigenvalue weighted by molar-refractivity contribution is -0.0197. The maximum Gasteiger partial charge on any atom is 0.0328 e. The van der Waals surface area contributed by atoms with Gasteiger partial charge in [-0.15, -0.1) is 0 Å². The van der Waals surface area contributed by atoms with Gasteiger partial charge < -0.3 is 0 Å². The van der Waals surface area contributed by atoms with Crippen molar-refractivity contribution in [1.29, 1.82) is 0 Å². The minimum atomic E-state index is 0.390. The Hall–Kier alpha value is -0.0800. The monoisotopic (exact) mass is 196 g/mol. The van der Waals surface area contributed by atoms with E-state index in [-0.39, 0.29) is 0 Å². The fraction of sp³-hybridized carbons (Fsp3) is 1.00. The molecule has 0 saturated carbocycles. The summed E-state index contributed by atoms with van der Waals surface area (Å²) in [4.78, 5) is 5.30. The molecule has 0 spiro atoms. The maximum atomic E-state index is 2.71. The zero-order chi connectivity index (χ0) is 10.3. The molecule has 14 heavy (non-hydrogen) atoms. The summed E-state index contributed by atoms with van der Waals surface area (Å²) >= 11 is 0. The lowest BCUT2D eigenvalue weighted by Gasteiger charge is -2.51. The van der Waals surface area contributed by atoms with E-state index in [1.807, 2.05) is 0 Å². The van der Waals surface area contributed by atoms with Gasteiger partial charge in [-0.25, -0.2) is 0 Å². The smallest absolute Gasteiger partial charge is 0.0328 e. The van der Waals surface area contributed by atoms with E-state index in [1.165, 1.54) is 32.5 Å². The van der Waals surface area contributed by atoms with Crippen LogP contribution in [0.3, 0.4) is 0 Å². The Kier molecular flexibility index (Phi) is 2.61. The van der Waals surface area contributed by atoms with Gasteiger partial charge in [0.15, 0.2) is 0 Å². The molecule has 2 rings (SSSR count). The number of rotatable bonds is 1. The van der Waals surface area contributed by atoms with Crippen LogP contribution >= 0.6 is 0 Å². The Labute approximate surface area is 88.3 Å². The molecule has 2 aliphatic heterocycles. The summed E-state index contributed by atoms with van der Waals surface area (Å²) in [6.45, 7) is 11.0. The van der Waals surface area contributed by atoms with E-state index in [4.69, 9.17) is 0 Å². The second-order valence-corrected chi connectivity index (χ2v) is 5.66. The highest BCUT2D eigenvalue weighted by molar-refractivity contribution is 4.99. The summed E-state index contributed by atoms with van der Waals surface area (Å²) in [5.41, 5.74) is 0.390. The van der Waals surface area contributed by atoms with Crippen molar-refractivity contribution >= 4 is 0 Å². The average Bonchev–Trinajstić information content (AvgIpc) is 2.52. The molecule has 2 heterocycles. The van der Waals surface area contributed by atoms with Gasteiger partial charge in [0, 0.05) is 24.7 Å². The van der Waals surface area contributed by atoms with Crippen LogP contribution in [0.15, 0.2) is 0 Å². The fourth-order valence-corrected chi connectivity index (χ4v) is 2.99. The molecule has 0 N–H and O–H groups in total. The first kappa shape index (κ1) is 10.4. The summed E-state index contributed by atoms with van der Waals surface area (Å²) in [6, 6.07) is 0.854. The van der Waals surface area contributed by atoms with Crippen LogP contribution in [0.2, 0.25) is 0 Å². The third-order valence-corrected chi connectivity index (χ3v) is 4.62. The Balaban J connectivity index is 2.13. The van der Waals surface area contributed by atoms with E-state index in [9.17, 15) is 0 Å². The first-order chi connectivity index (χ1) is 6.54. The van der Waals surface area contributed by atoms with Crippen LogP contribution in [0, 0.1) is 5.92 Å². The predicted molar refractivity (Wildman–Crippen MR) is 60.5 cm³/mol. The third-order valence-electron chi connectivity index (χ3n) is 4.62. The van der Waals surface area contributed by atoms with Gasteiger partial charge in [-0.05, 0) is 39.3 Å². The molecule has 2 fully saturated rings. The van der Waals surface area contributed by atoms with E-state index >= 15 is 0 Å². The first-order valence-electron chi connectivity index (χ1n) is 5.99. The van der Waals surface area contributed by atoms with Gasteiger partial charge in [0.2, 0.25) is 0 Å². The summed E-state index contributed by atoms with van der Waals surface area (Å²) in [7, 11) is 2.30. The van der Waals surface area contributed by atoms with E-state index in [1.54, 1.807) is 0 Å². The van der Waals surface area contributed by atoms with Crippen molar-refractivity contribution in [1.82, 2.24) is 9.80 Å². The van der Waals surface area contributed by atoms with Crippen molar-refractivity contribution in [2.45, 2.75) is 45.2 Å². The Morgan fingerprint density at radius 1 is 1.36 bits per heavy atom. The van der Waals surface area contributed by atoms with Gasteiger partial charge in [-0.2, -0.15) is 0 Å². The van der Waals surface area contributed by atoms with Gasteiger partial charge >= 0.3 is 0 Å². The molecule has 0 aromatic heterocycles. The van der Waals surface area contributed by atoms with Crippen molar-refractivity contribution in [2.24, 2.45) is 5.92 Å². The topological polar surface area (TPSA) is 6.48 Å². The Morgan fingerprint density at radius 2 is 2.07 bits per heavy atom. The van der Waals surface area contributed by atoms with Gasteiger partial charge in [-0.1, -0.05) is 13.8 Å². The summed E-state index contributed by atoms with van der Waals surface area (Å²) in [5.74, 6) is 0.744. The minimum Gasteiger partial charge on any atom is -0.298 e. The Morgan fingerprint density at radius 3 is 2.71 bits per heavy atom. The van der Waals surface area contributed by atoms with Crippen molar-refractivity contribution in [2.75, 3.05) is 26.7 Å². The van der Waals surface area contributed by atoms with Crippen LogP contribution < -0.4 is 0 Å². The molecule has 2 aliphatic rings. The van der Waals surface area contributed by atoms with Crippen molar-refractivity contribution < 1.29 is 0 Å². The highest BCUT2D eigenvalue weighted by Gasteiger charge is 2.43. The van der Waals surface area contributed by atoms with Crippen molar-refractivity contribution in [3.8, 4) is 0 Å². The van der Waals surface area contributed by atoms with Gasteiger partial charge in [0.05, 0.1) is 0 Å². The quantitative estimate of drug-likeness (QED) is 0.631. The van der Waals surface area contributed by atoms with E-state index < -0.39 is 0 Å². The number of piperazine rings is 1. The predicted octanol–water partition coefficient (Wildman–Crippen LogP) is 1.81. The second-order valence-electron chi connectivity index (χ2n) is 5.66. The number of hydrogen-bond donors (Lipinski definition) is 0. The summed E-state index contributed by atoms with van der Waals surface area (Å²) in [6.07, 6.45) is 2.82. The van der Waals surface area contributed by atoms with Crippen molar-refractivity contribution in [3.63, 3.8) is 0 Å². The van der Waals surface area contributed by atoms with Crippen LogP contribution in [0.4, 0.5) is 0 Å². The van der Waals surface area contributed by atoms with Crippen LogP contribution in [0.25, 0.3) is 0 Å². The average molecular weight is 196 g/mol. The molecule has 0 bridgehead atoms. The highest BCUT2D eigenvalue weighted by atomic mass is 15.3. The summed E-state index contributed by atoms with van der Waals surface area (Å²) in [5, 5.41) is 0. The van der Waals surface area contributed by atoms with Gasteiger partial charge in [0.1, 0.15) is 0 Å². The fourth-order valence-electron chi connectivity index (χ4n) is 2.99. The van der Waals surface area contributed by atoms with Crippen LogP contribution in [0.1, 0.15) is 33.6 Å². The molecule has 2 saturated heterocycles. The zero-order valence-corrected chi connectivity index (χ0v) is 10.1. The molecule has 2 unspecified atom stereocenters. The second kappa shape index (κ2) is 3.49. The van der Waals surface area contributed by atoms with E-state index in [0.717, 1.165) is 12.0 Å². The molecular weight excluding hydrogens is 172 g/mol. The molecule has 0 aromatic carbocycles. The lowest BCUT2D eigenvalue weighted by Crippen LogP contribution is -2.63. The standard InChI is InChI=1S/C12H24N2/c1-10(2)12(3)9-14-7-5-6-11(14)8-13(12)4/h10-11H,5-9H2,1-4H3. The molecule has 2 heteroatoms. The minimum absolute atomic E-state index is 0.390. The number of nitrogens with zero attached hydrogens (tertiary/aromatic N) is 2. The third kappa shape index (κ3) is 1.49. The molecule has 0 aromatic rings. The van der Waals surface area contributed by atoms with Crippen LogP contribution in [0.5, 0.6) is 0 Å². The zero-order valence-electron chi connectivity index (χ0n) is 10.1. The Bertz CT molecular complexity index is 214. The van der Waals surface area contributed by atoms with Gasteiger partial charge in [-0.3, -0.25) is 9.80 Å². The number of fused-ring (bicyclic) bond motifs is 1. The van der Waals surface area contributed by atoms with Gasteiger partial charge in [0.25, 0.3) is 0 Å². The molecule has 82 valence electrons. The molecule has 0 aliphatic carbocycles.